The number of para-hydroxylation sites is 2. The van der Waals surface area contributed by atoms with Crippen molar-refractivity contribution in [3.05, 3.63) is 192 Å². The van der Waals surface area contributed by atoms with Crippen molar-refractivity contribution in [1.82, 2.24) is 9.55 Å². The molecule has 3 heterocycles. The zero-order chi connectivity index (χ0) is 49.5. The van der Waals surface area contributed by atoms with Gasteiger partial charge in [0.15, 0.2) is 0 Å². The molecule has 5 nitrogen and oxygen atoms in total. The second-order valence-electron chi connectivity index (χ2n) is 23.3. The van der Waals surface area contributed by atoms with Crippen LogP contribution in [0.25, 0.3) is 61.0 Å². The molecule has 0 amide bonds. The Labute approximate surface area is 436 Å². The Balaban J connectivity index is 0.00000624. The minimum absolute atomic E-state index is 0. The van der Waals surface area contributed by atoms with Crippen LogP contribution in [0.3, 0.4) is 0 Å². The molecule has 9 aromatic rings. The summed E-state index contributed by atoms with van der Waals surface area (Å²) in [5, 5.41) is 6.00. The van der Waals surface area contributed by atoms with Crippen LogP contribution in [-0.2, 0) is 42.7 Å². The number of pyridine rings is 1. The van der Waals surface area contributed by atoms with Gasteiger partial charge in [-0.15, -0.1) is 41.4 Å². The van der Waals surface area contributed by atoms with Gasteiger partial charge >= 0.3 is 0 Å². The summed E-state index contributed by atoms with van der Waals surface area (Å²) in [4.78, 5) is 7.07. The van der Waals surface area contributed by atoms with Gasteiger partial charge in [0, 0.05) is 61.2 Å². The van der Waals surface area contributed by atoms with Gasteiger partial charge in [-0.05, 0) is 114 Å². The number of aryl methyl sites for hydroxylation is 1. The molecule has 1 aliphatic rings. The average molecular weight is 1110 g/mol. The first-order chi connectivity index (χ1) is 33.1. The van der Waals surface area contributed by atoms with E-state index in [0.29, 0.717) is 11.5 Å². The predicted octanol–water partition coefficient (Wildman–Crippen LogP) is 17.8. The van der Waals surface area contributed by atoms with Crippen LogP contribution in [0.5, 0.6) is 11.5 Å². The van der Waals surface area contributed by atoms with E-state index in [1.807, 2.05) is 18.3 Å². The van der Waals surface area contributed by atoms with Gasteiger partial charge in [0.1, 0.15) is 5.82 Å². The predicted molar refractivity (Wildman–Crippen MR) is 295 cm³/mol. The first kappa shape index (κ1) is 49.6. The first-order valence-electron chi connectivity index (χ1n) is 24.7. The largest absolute Gasteiger partial charge is 0.514 e. The van der Waals surface area contributed by atoms with Gasteiger partial charge in [-0.25, -0.2) is 4.98 Å². The number of nitrogens with one attached hydrogen (secondary N) is 1. The Morgan fingerprint density at radius 2 is 1.17 bits per heavy atom. The molecule has 0 bridgehead atoms. The Morgan fingerprint density at radius 3 is 1.85 bits per heavy atom. The molecule has 0 saturated carbocycles. The van der Waals surface area contributed by atoms with Crippen LogP contribution in [0, 0.1) is 25.7 Å². The molecule has 0 radical (unpaired) electrons. The van der Waals surface area contributed by atoms with Crippen LogP contribution in [0.1, 0.15) is 111 Å². The zero-order valence-corrected chi connectivity index (χ0v) is 45.8. The van der Waals surface area contributed by atoms with Gasteiger partial charge in [0.2, 0.25) is 0 Å². The number of nitrogens with zero attached hydrogens (tertiary/aromatic N) is 3. The van der Waals surface area contributed by atoms with Crippen molar-refractivity contribution in [2.24, 2.45) is 0 Å². The molecule has 0 spiro atoms. The second kappa shape index (κ2) is 18.3. The van der Waals surface area contributed by atoms with Crippen LogP contribution < -0.4 is 15.0 Å². The van der Waals surface area contributed by atoms with Crippen molar-refractivity contribution in [2.45, 2.75) is 112 Å². The van der Waals surface area contributed by atoms with Gasteiger partial charge < -0.3 is 19.5 Å². The number of hydrogen-bond donors (Lipinski definition) is 1. The molecule has 0 unspecified atom stereocenters. The van der Waals surface area contributed by atoms with E-state index in [4.69, 9.17) is 9.72 Å². The Hall–Kier alpha value is -6.42. The second-order valence-corrected chi connectivity index (χ2v) is 23.3. The van der Waals surface area contributed by atoms with E-state index in [0.717, 1.165) is 55.8 Å². The van der Waals surface area contributed by atoms with Crippen molar-refractivity contribution in [1.29, 1.82) is 0 Å². The molecule has 71 heavy (non-hydrogen) atoms. The Kier molecular flexibility index (Phi) is 12.8. The standard InChI is InChI=1S/C65H65N4O.Pt/c1-41-30-48(38-50(31-41)70-49-26-27-52-51-22-17-18-24-56(51)69(58(52)39-49)59-37-44(28-29-66-59)62(2,3)4)68-40-67-61-53(23-19-25-57(61)68)60-54(42-20-15-14-16-21-42)35-47(65(11,12)13)36-55(60)43-32-45(63(5,6)7)34-46(33-43)64(8,9)10;/h14-37,40,67H,1-13H3;/q-3;. The maximum Gasteiger partial charge on any atom is 0.135 e. The molecule has 0 aliphatic carbocycles. The third-order valence-corrected chi connectivity index (χ3v) is 13.8. The van der Waals surface area contributed by atoms with Crippen LogP contribution in [0.15, 0.2) is 146 Å². The number of hydrogen-bond acceptors (Lipinski definition) is 4. The molecule has 6 heteroatoms. The topological polar surface area (TPSA) is 42.3 Å². The number of aromatic nitrogens is 2. The minimum atomic E-state index is -0.0925. The average Bonchev–Trinajstić information content (AvgIpc) is 3.90. The number of benzene rings is 7. The van der Waals surface area contributed by atoms with Gasteiger partial charge in [0.05, 0.1) is 0 Å². The summed E-state index contributed by atoms with van der Waals surface area (Å²) in [6.07, 6.45) is 1.91. The first-order valence-corrected chi connectivity index (χ1v) is 24.7. The van der Waals surface area contributed by atoms with Crippen LogP contribution in [-0.4, -0.2) is 9.55 Å². The van der Waals surface area contributed by atoms with Crippen LogP contribution in [0.2, 0.25) is 0 Å². The van der Waals surface area contributed by atoms with E-state index >= 15 is 0 Å². The molecule has 364 valence electrons. The summed E-state index contributed by atoms with van der Waals surface area (Å²) in [6, 6.07) is 58.1. The Morgan fingerprint density at radius 1 is 0.535 bits per heavy atom. The molecular formula is C65H65N4OPt-3. The summed E-state index contributed by atoms with van der Waals surface area (Å²) >= 11 is 0. The van der Waals surface area contributed by atoms with Crippen molar-refractivity contribution < 1.29 is 25.8 Å². The van der Waals surface area contributed by atoms with Gasteiger partial charge in [-0.2, -0.15) is 18.3 Å². The van der Waals surface area contributed by atoms with E-state index in [9.17, 15) is 0 Å². The van der Waals surface area contributed by atoms with Crippen LogP contribution in [0.4, 0.5) is 17.1 Å². The van der Waals surface area contributed by atoms with Gasteiger partial charge in [-0.3, -0.25) is 0 Å². The quantitative estimate of drug-likeness (QED) is 0.162. The van der Waals surface area contributed by atoms with E-state index in [2.05, 4.69) is 251 Å². The number of anilines is 3. The molecular weight excluding hydrogens is 1050 g/mol. The summed E-state index contributed by atoms with van der Waals surface area (Å²) in [6.45, 7) is 31.7. The monoisotopic (exact) mass is 1110 g/mol. The maximum absolute atomic E-state index is 6.74. The fraction of sp³-hybridized carbons (Fsp3) is 0.262. The van der Waals surface area contributed by atoms with E-state index in [-0.39, 0.29) is 42.7 Å². The molecule has 0 saturated heterocycles. The molecule has 0 fully saturated rings. The van der Waals surface area contributed by atoms with Crippen molar-refractivity contribution in [3.8, 4) is 50.7 Å². The fourth-order valence-electron chi connectivity index (χ4n) is 9.73. The fourth-order valence-corrected chi connectivity index (χ4v) is 9.73. The molecule has 0 atom stereocenters. The van der Waals surface area contributed by atoms with E-state index in [1.54, 1.807) is 0 Å². The molecule has 7 aromatic carbocycles. The minimum Gasteiger partial charge on any atom is -0.514 e. The van der Waals surface area contributed by atoms with Gasteiger partial charge in [0.25, 0.3) is 0 Å². The number of fused-ring (bicyclic) bond motifs is 4. The smallest absolute Gasteiger partial charge is 0.135 e. The third kappa shape index (κ3) is 9.59. The summed E-state index contributed by atoms with van der Waals surface area (Å²) in [5.74, 6) is 2.07. The molecule has 1 aliphatic heterocycles. The molecule has 2 aromatic heterocycles. The maximum atomic E-state index is 6.74. The summed E-state index contributed by atoms with van der Waals surface area (Å²) in [5.41, 5.74) is 18.1. The summed E-state index contributed by atoms with van der Waals surface area (Å²) < 4.78 is 8.94. The van der Waals surface area contributed by atoms with E-state index in [1.165, 1.54) is 50.1 Å². The normalized spacial score (nSPS) is 13.1. The van der Waals surface area contributed by atoms with Gasteiger partial charge in [-0.1, -0.05) is 174 Å². The van der Waals surface area contributed by atoms with Crippen LogP contribution >= 0.6 is 0 Å². The molecule has 1 N–H and O–H groups in total. The number of rotatable bonds is 7. The third-order valence-electron chi connectivity index (χ3n) is 13.8. The SMILES string of the molecule is Cc1cc(Oc2[c-]c3c(cc2)c2ccccc2n3-c2cc(C(C)(C)C)ccn2)[c-]c(N2[CH-]Nc3c(-c4c(-c5ccccc5)cc(C(C)(C)C)cc4-c4cc(C(C)(C)C)cc(C(C)(C)C)c4)cccc32)c1.[Pt]. The summed E-state index contributed by atoms with van der Waals surface area (Å²) in [7, 11) is 0. The number of ether oxygens (including phenoxy) is 1. The van der Waals surface area contributed by atoms with Crippen molar-refractivity contribution >= 4 is 38.9 Å². The van der Waals surface area contributed by atoms with E-state index < -0.39 is 0 Å². The van der Waals surface area contributed by atoms with Crippen molar-refractivity contribution in [2.75, 3.05) is 10.2 Å². The zero-order valence-electron chi connectivity index (χ0n) is 43.5. The van der Waals surface area contributed by atoms with Crippen molar-refractivity contribution in [3.63, 3.8) is 0 Å². The molecule has 10 rings (SSSR count). The Bertz CT molecular complexity index is 3430.